The van der Waals surface area contributed by atoms with Crippen molar-refractivity contribution in [3.8, 4) is 5.75 Å². The summed E-state index contributed by atoms with van der Waals surface area (Å²) in [6, 6.07) is 17.9. The lowest BCUT2D eigenvalue weighted by molar-refractivity contribution is -0.384. The maximum absolute atomic E-state index is 14.2. The van der Waals surface area contributed by atoms with Gasteiger partial charge in [0.1, 0.15) is 5.75 Å². The van der Waals surface area contributed by atoms with Crippen molar-refractivity contribution in [1.29, 1.82) is 0 Å². The van der Waals surface area contributed by atoms with Gasteiger partial charge in [0, 0.05) is 54.6 Å². The molecule has 208 valence electrons. The molecule has 4 heterocycles. The molecule has 1 amide bonds. The summed E-state index contributed by atoms with van der Waals surface area (Å²) in [5.41, 5.74) is 3.82. The van der Waals surface area contributed by atoms with Gasteiger partial charge in [-0.25, -0.2) is 0 Å². The van der Waals surface area contributed by atoms with Crippen molar-refractivity contribution >= 4 is 17.3 Å². The topological polar surface area (TPSA) is 107 Å². The molecule has 1 aromatic heterocycles. The largest absolute Gasteiger partial charge is 0.497 e. The number of rotatable bonds is 6. The molecule has 6 rings (SSSR count). The van der Waals surface area contributed by atoms with E-state index in [1.807, 2.05) is 47.0 Å². The molecular weight excluding hydrogens is 508 g/mol. The molecule has 0 aliphatic carbocycles. The number of hydrogen-bond donors (Lipinski definition) is 1. The van der Waals surface area contributed by atoms with Crippen molar-refractivity contribution < 1.29 is 14.5 Å². The minimum atomic E-state index is -0.416. The summed E-state index contributed by atoms with van der Waals surface area (Å²) in [6.07, 6.45) is 1.32. The number of amides is 1. The number of carbonyl (C=O) groups is 1. The first-order valence-corrected chi connectivity index (χ1v) is 13.9. The fourth-order valence-corrected chi connectivity index (χ4v) is 7.16. The van der Waals surface area contributed by atoms with E-state index >= 15 is 0 Å². The van der Waals surface area contributed by atoms with Gasteiger partial charge in [-0.3, -0.25) is 19.7 Å². The number of aromatic nitrogens is 1. The monoisotopic (exact) mass is 542 g/mol. The zero-order chi connectivity index (χ0) is 28.1. The van der Waals surface area contributed by atoms with Crippen molar-refractivity contribution in [3.05, 3.63) is 98.0 Å². The standard InChI is InChI=1S/C31H34N4O5/c1-18(2)29(19-7-10-24(40-3)11-8-19)32-31(37)25-15-20-14-23(35(38)39)9-12-27(20)34-16-21-13-22(30(25)34)17-33-26(21)5-4-6-28(33)36/h4-12,14,18,21-22,25,29-30H,13,15-17H2,1-3H3,(H,32,37)/t21-,22+,25-,29+,30+/m1/s1. The Bertz CT molecular complexity index is 1510. The number of nitro benzene ring substituents is 1. The highest BCUT2D eigenvalue weighted by molar-refractivity contribution is 5.83. The number of anilines is 1. The quantitative estimate of drug-likeness (QED) is 0.365. The molecule has 3 aromatic rings. The Morgan fingerprint density at radius 1 is 1.10 bits per heavy atom. The van der Waals surface area contributed by atoms with Gasteiger partial charge in [-0.05, 0) is 60.1 Å². The predicted octanol–water partition coefficient (Wildman–Crippen LogP) is 4.44. The maximum atomic E-state index is 14.2. The molecular formula is C31H34N4O5. The van der Waals surface area contributed by atoms with Gasteiger partial charge in [-0.2, -0.15) is 0 Å². The number of nitro groups is 1. The number of piperidine rings is 1. The van der Waals surface area contributed by atoms with Gasteiger partial charge >= 0.3 is 0 Å². The highest BCUT2D eigenvalue weighted by atomic mass is 16.6. The van der Waals surface area contributed by atoms with Crippen molar-refractivity contribution in [1.82, 2.24) is 9.88 Å². The van der Waals surface area contributed by atoms with Crippen LogP contribution in [0.4, 0.5) is 11.4 Å². The zero-order valence-electron chi connectivity index (χ0n) is 22.9. The summed E-state index contributed by atoms with van der Waals surface area (Å²) in [4.78, 5) is 40.5. The van der Waals surface area contributed by atoms with E-state index in [2.05, 4.69) is 24.1 Å². The Kier molecular flexibility index (Phi) is 6.60. The van der Waals surface area contributed by atoms with Gasteiger partial charge in [-0.15, -0.1) is 0 Å². The molecule has 0 radical (unpaired) electrons. The molecule has 9 heteroatoms. The van der Waals surface area contributed by atoms with E-state index < -0.39 is 5.92 Å². The molecule has 2 aromatic carbocycles. The first kappa shape index (κ1) is 26.1. The maximum Gasteiger partial charge on any atom is 0.269 e. The molecule has 40 heavy (non-hydrogen) atoms. The lowest BCUT2D eigenvalue weighted by atomic mass is 9.70. The van der Waals surface area contributed by atoms with E-state index in [0.29, 0.717) is 19.5 Å². The highest BCUT2D eigenvalue weighted by Gasteiger charge is 2.49. The Morgan fingerprint density at radius 2 is 1.88 bits per heavy atom. The number of ether oxygens (including phenoxy) is 1. The Balaban J connectivity index is 1.38. The summed E-state index contributed by atoms with van der Waals surface area (Å²) in [6.45, 7) is 5.38. The lowest BCUT2D eigenvalue weighted by Gasteiger charge is -2.54. The zero-order valence-corrected chi connectivity index (χ0v) is 22.9. The molecule has 1 fully saturated rings. The second-order valence-corrected chi connectivity index (χ2v) is 11.6. The van der Waals surface area contributed by atoms with E-state index in [0.717, 1.165) is 34.7 Å². The normalized spacial score (nSPS) is 23.4. The Morgan fingerprint density at radius 3 is 2.58 bits per heavy atom. The number of nitrogens with zero attached hydrogens (tertiary/aromatic N) is 3. The van der Waals surface area contributed by atoms with Gasteiger partial charge in [0.05, 0.1) is 24.0 Å². The van der Waals surface area contributed by atoms with Crippen LogP contribution in [0.5, 0.6) is 5.75 Å². The second kappa shape index (κ2) is 10.1. The van der Waals surface area contributed by atoms with Gasteiger partial charge in [0.15, 0.2) is 0 Å². The number of methoxy groups -OCH3 is 1. The van der Waals surface area contributed by atoms with Gasteiger partial charge in [0.2, 0.25) is 5.91 Å². The van der Waals surface area contributed by atoms with E-state index in [4.69, 9.17) is 4.74 Å². The molecule has 9 nitrogen and oxygen atoms in total. The van der Waals surface area contributed by atoms with Crippen LogP contribution in [0.25, 0.3) is 0 Å². The van der Waals surface area contributed by atoms with Crippen LogP contribution < -0.4 is 20.5 Å². The smallest absolute Gasteiger partial charge is 0.269 e. The fourth-order valence-electron chi connectivity index (χ4n) is 7.16. The fraction of sp³-hybridized carbons (Fsp3) is 0.419. The number of pyridine rings is 1. The van der Waals surface area contributed by atoms with Crippen LogP contribution in [0.1, 0.15) is 49.0 Å². The summed E-state index contributed by atoms with van der Waals surface area (Å²) >= 11 is 0. The van der Waals surface area contributed by atoms with Gasteiger partial charge in [0.25, 0.3) is 11.2 Å². The first-order valence-electron chi connectivity index (χ1n) is 13.9. The summed E-state index contributed by atoms with van der Waals surface area (Å²) in [5, 5.41) is 14.9. The van der Waals surface area contributed by atoms with Gasteiger partial charge < -0.3 is 19.5 Å². The average Bonchev–Trinajstić information content (AvgIpc) is 2.95. The van der Waals surface area contributed by atoms with Crippen LogP contribution in [-0.2, 0) is 17.8 Å². The van der Waals surface area contributed by atoms with Crippen molar-refractivity contribution in [2.75, 3.05) is 18.6 Å². The molecule has 0 spiro atoms. The third-order valence-corrected chi connectivity index (χ3v) is 8.98. The number of carbonyl (C=O) groups excluding carboxylic acids is 1. The van der Waals surface area contributed by atoms with Gasteiger partial charge in [-0.1, -0.05) is 32.0 Å². The number of fused-ring (bicyclic) bond motifs is 8. The summed E-state index contributed by atoms with van der Waals surface area (Å²) in [7, 11) is 1.63. The highest BCUT2D eigenvalue weighted by Crippen LogP contribution is 2.48. The number of non-ortho nitro benzene ring substituents is 1. The molecule has 3 aliphatic heterocycles. The number of nitrogens with one attached hydrogen (secondary N) is 1. The molecule has 5 atom stereocenters. The van der Waals surface area contributed by atoms with E-state index in [1.165, 1.54) is 0 Å². The minimum absolute atomic E-state index is 0.00661. The first-order chi connectivity index (χ1) is 19.2. The molecule has 0 unspecified atom stereocenters. The third kappa shape index (κ3) is 4.43. The van der Waals surface area contributed by atoms with E-state index in [-0.39, 0.29) is 51.9 Å². The summed E-state index contributed by atoms with van der Waals surface area (Å²) < 4.78 is 7.19. The van der Waals surface area contributed by atoms with E-state index in [9.17, 15) is 19.7 Å². The van der Waals surface area contributed by atoms with Crippen LogP contribution in [0.15, 0.2) is 65.5 Å². The summed E-state index contributed by atoms with van der Waals surface area (Å²) in [5.74, 6) is 0.664. The molecule has 1 N–H and O–H groups in total. The van der Waals surface area contributed by atoms with Crippen LogP contribution in [0, 0.1) is 27.9 Å². The van der Waals surface area contributed by atoms with E-state index in [1.54, 1.807) is 25.3 Å². The molecule has 2 bridgehead atoms. The van der Waals surface area contributed by atoms with Crippen molar-refractivity contribution in [3.63, 3.8) is 0 Å². The average molecular weight is 543 g/mol. The van der Waals surface area contributed by atoms with Crippen LogP contribution in [0.2, 0.25) is 0 Å². The Hall–Kier alpha value is -4.14. The van der Waals surface area contributed by atoms with Crippen molar-refractivity contribution in [2.45, 2.75) is 51.2 Å². The van der Waals surface area contributed by atoms with Crippen LogP contribution >= 0.6 is 0 Å². The number of benzene rings is 2. The predicted molar refractivity (Wildman–Crippen MR) is 152 cm³/mol. The molecule has 1 saturated heterocycles. The molecule has 0 saturated carbocycles. The van der Waals surface area contributed by atoms with Crippen molar-refractivity contribution in [2.24, 2.45) is 17.8 Å². The lowest BCUT2D eigenvalue weighted by Crippen LogP contribution is -2.61. The molecule has 3 aliphatic rings. The number of hydrogen-bond acceptors (Lipinski definition) is 6. The SMILES string of the molecule is COc1ccc([C@@H](NC(=O)[C@@H]2Cc3cc([N+](=O)[O-])ccc3N3C[C@H]4C[C@@H](Cn5c4cccc5=O)[C@@H]23)C(C)C)cc1. The third-order valence-electron chi connectivity index (χ3n) is 8.98. The minimum Gasteiger partial charge on any atom is -0.497 e. The van der Waals surface area contributed by atoms with Crippen LogP contribution in [-0.4, -0.2) is 35.1 Å². The Labute approximate surface area is 232 Å². The second-order valence-electron chi connectivity index (χ2n) is 11.6. The van der Waals surface area contributed by atoms with Crippen LogP contribution in [0.3, 0.4) is 0 Å².